The van der Waals surface area contributed by atoms with Crippen LogP contribution >= 0.6 is 0 Å². The number of nitrogens with zero attached hydrogens (tertiary/aromatic N) is 3. The van der Waals surface area contributed by atoms with E-state index in [4.69, 9.17) is 4.74 Å². The molecule has 0 amide bonds. The smallest absolute Gasteiger partial charge is 0.337 e. The fourth-order valence-electron chi connectivity index (χ4n) is 2.28. The molecule has 2 heterocycles. The molecule has 0 N–H and O–H groups in total. The third kappa shape index (κ3) is 2.63. The average molecular weight is 281 g/mol. The standard InChI is InChI=1S/C16H15N3O2/c1-11-17-14-4-3-9-19(15(14)18-11)10-12-5-7-13(8-6-12)16(20)21-2/h3-9H,10H2,1-2H3. The van der Waals surface area contributed by atoms with E-state index in [2.05, 4.69) is 9.97 Å². The minimum Gasteiger partial charge on any atom is -0.465 e. The predicted octanol–water partition coefficient (Wildman–Crippen LogP) is 2.53. The molecule has 0 saturated heterocycles. The van der Waals surface area contributed by atoms with Crippen LogP contribution < -0.4 is 0 Å². The summed E-state index contributed by atoms with van der Waals surface area (Å²) in [5, 5.41) is 0. The van der Waals surface area contributed by atoms with E-state index < -0.39 is 0 Å². The first-order valence-corrected chi connectivity index (χ1v) is 6.64. The maximum Gasteiger partial charge on any atom is 0.337 e. The number of carbonyl (C=O) groups is 1. The van der Waals surface area contributed by atoms with Crippen LogP contribution in [-0.2, 0) is 11.3 Å². The van der Waals surface area contributed by atoms with E-state index in [1.54, 1.807) is 12.1 Å². The first-order chi connectivity index (χ1) is 10.2. The fraction of sp³-hybridized carbons (Fsp3) is 0.188. The summed E-state index contributed by atoms with van der Waals surface area (Å²) >= 11 is 0. The van der Waals surface area contributed by atoms with Gasteiger partial charge in [0.25, 0.3) is 0 Å². The van der Waals surface area contributed by atoms with Crippen molar-refractivity contribution in [2.24, 2.45) is 0 Å². The van der Waals surface area contributed by atoms with Crippen molar-refractivity contribution in [2.75, 3.05) is 7.11 Å². The summed E-state index contributed by atoms with van der Waals surface area (Å²) in [5.41, 5.74) is 2.52. The van der Waals surface area contributed by atoms with Gasteiger partial charge in [0, 0.05) is 12.7 Å². The van der Waals surface area contributed by atoms with Crippen molar-refractivity contribution in [3.05, 3.63) is 59.5 Å². The van der Waals surface area contributed by atoms with E-state index in [1.807, 2.05) is 42.0 Å². The van der Waals surface area contributed by atoms with Crippen LogP contribution in [0, 0.1) is 6.92 Å². The van der Waals surface area contributed by atoms with Gasteiger partial charge in [-0.3, -0.25) is 0 Å². The van der Waals surface area contributed by atoms with Crippen molar-refractivity contribution in [3.8, 4) is 11.5 Å². The third-order valence-corrected chi connectivity index (χ3v) is 3.30. The molecule has 2 aliphatic heterocycles. The van der Waals surface area contributed by atoms with Gasteiger partial charge in [0.15, 0.2) is 5.82 Å². The fourth-order valence-corrected chi connectivity index (χ4v) is 2.28. The van der Waals surface area contributed by atoms with Gasteiger partial charge < -0.3 is 9.30 Å². The first kappa shape index (κ1) is 13.3. The van der Waals surface area contributed by atoms with E-state index in [1.165, 1.54) is 7.11 Å². The number of rotatable bonds is 3. The molecule has 0 atom stereocenters. The number of aryl methyl sites for hydroxylation is 1. The lowest BCUT2D eigenvalue weighted by atomic mass is 10.1. The van der Waals surface area contributed by atoms with Gasteiger partial charge in [-0.25, -0.2) is 14.8 Å². The number of carbonyl (C=O) groups excluding carboxylic acids is 1. The van der Waals surface area contributed by atoms with E-state index in [-0.39, 0.29) is 5.97 Å². The number of hydrogen-bond donors (Lipinski definition) is 0. The Kier molecular flexibility index (Phi) is 3.39. The van der Waals surface area contributed by atoms with Gasteiger partial charge in [0.2, 0.25) is 0 Å². The molecular weight excluding hydrogens is 266 g/mol. The van der Waals surface area contributed by atoms with Crippen molar-refractivity contribution in [2.45, 2.75) is 13.5 Å². The summed E-state index contributed by atoms with van der Waals surface area (Å²) < 4.78 is 6.74. The second kappa shape index (κ2) is 5.36. The van der Waals surface area contributed by atoms with Crippen molar-refractivity contribution in [1.82, 2.24) is 14.5 Å². The Balaban J connectivity index is 1.87. The van der Waals surface area contributed by atoms with Crippen molar-refractivity contribution in [1.29, 1.82) is 0 Å². The zero-order valence-electron chi connectivity index (χ0n) is 11.9. The van der Waals surface area contributed by atoms with E-state index in [0.717, 1.165) is 22.9 Å². The number of fused-ring (bicyclic) bond motifs is 1. The van der Waals surface area contributed by atoms with Crippen molar-refractivity contribution in [3.63, 3.8) is 0 Å². The molecule has 5 heteroatoms. The molecule has 0 radical (unpaired) electrons. The van der Waals surface area contributed by atoms with Crippen LogP contribution in [0.4, 0.5) is 0 Å². The summed E-state index contributed by atoms with van der Waals surface area (Å²) in [6, 6.07) is 11.3. The van der Waals surface area contributed by atoms with Crippen LogP contribution in [0.5, 0.6) is 0 Å². The second-order valence-electron chi connectivity index (χ2n) is 4.80. The van der Waals surface area contributed by atoms with Crippen LogP contribution in [0.15, 0.2) is 42.6 Å². The molecule has 0 aromatic heterocycles. The topological polar surface area (TPSA) is 57.0 Å². The molecule has 3 rings (SSSR count). The molecule has 0 bridgehead atoms. The summed E-state index contributed by atoms with van der Waals surface area (Å²) in [6.07, 6.45) is 1.98. The third-order valence-electron chi connectivity index (χ3n) is 3.30. The predicted molar refractivity (Wildman–Crippen MR) is 78.3 cm³/mol. The Hall–Kier alpha value is -2.69. The van der Waals surface area contributed by atoms with Gasteiger partial charge in [0.05, 0.1) is 12.7 Å². The Labute approximate surface area is 122 Å². The highest BCUT2D eigenvalue weighted by Gasteiger charge is 2.12. The lowest BCUT2D eigenvalue weighted by Gasteiger charge is -2.10. The monoisotopic (exact) mass is 281 g/mol. The molecule has 0 fully saturated rings. The van der Waals surface area contributed by atoms with Gasteiger partial charge in [-0.05, 0) is 36.8 Å². The minimum atomic E-state index is -0.325. The van der Waals surface area contributed by atoms with Gasteiger partial charge in [-0.1, -0.05) is 12.1 Å². The Morgan fingerprint density at radius 2 is 1.95 bits per heavy atom. The van der Waals surface area contributed by atoms with Crippen LogP contribution in [0.2, 0.25) is 0 Å². The normalized spacial score (nSPS) is 10.8. The molecule has 0 unspecified atom stereocenters. The lowest BCUT2D eigenvalue weighted by Crippen LogP contribution is -2.05. The van der Waals surface area contributed by atoms with Crippen LogP contribution in [-0.4, -0.2) is 27.6 Å². The molecule has 1 aromatic carbocycles. The highest BCUT2D eigenvalue weighted by Crippen LogP contribution is 2.19. The molecular formula is C16H15N3O2. The number of hydrogen-bond acceptors (Lipinski definition) is 4. The molecule has 21 heavy (non-hydrogen) atoms. The number of pyridine rings is 1. The Bertz CT molecular complexity index is 747. The average Bonchev–Trinajstić information content (AvgIpc) is 2.88. The Morgan fingerprint density at radius 3 is 2.67 bits per heavy atom. The number of esters is 1. The van der Waals surface area contributed by atoms with E-state index >= 15 is 0 Å². The van der Waals surface area contributed by atoms with Gasteiger partial charge >= 0.3 is 5.97 Å². The number of benzene rings is 1. The molecule has 0 saturated carbocycles. The van der Waals surface area contributed by atoms with Gasteiger partial charge in [-0.15, -0.1) is 0 Å². The summed E-state index contributed by atoms with van der Waals surface area (Å²) in [6.45, 7) is 2.56. The van der Waals surface area contributed by atoms with E-state index in [0.29, 0.717) is 12.1 Å². The summed E-state index contributed by atoms with van der Waals surface area (Å²) in [7, 11) is 1.38. The van der Waals surface area contributed by atoms with Crippen LogP contribution in [0.3, 0.4) is 0 Å². The largest absolute Gasteiger partial charge is 0.465 e. The first-order valence-electron chi connectivity index (χ1n) is 6.64. The molecule has 0 aliphatic carbocycles. The lowest BCUT2D eigenvalue weighted by molar-refractivity contribution is 0.0600. The number of aromatic nitrogens is 3. The SMILES string of the molecule is COC(=O)c1ccc(Cn2cccc3nc(C)nc2-3)cc1. The quantitative estimate of drug-likeness (QED) is 0.692. The van der Waals surface area contributed by atoms with Crippen molar-refractivity contribution < 1.29 is 9.53 Å². The Morgan fingerprint density at radius 1 is 1.19 bits per heavy atom. The minimum absolute atomic E-state index is 0.325. The highest BCUT2D eigenvalue weighted by atomic mass is 16.5. The molecule has 1 aromatic rings. The van der Waals surface area contributed by atoms with Gasteiger partial charge in [0.1, 0.15) is 11.5 Å². The molecule has 2 aliphatic rings. The second-order valence-corrected chi connectivity index (χ2v) is 4.80. The summed E-state index contributed by atoms with van der Waals surface area (Å²) in [5.74, 6) is 1.31. The summed E-state index contributed by atoms with van der Waals surface area (Å²) in [4.78, 5) is 20.2. The zero-order chi connectivity index (χ0) is 14.8. The zero-order valence-corrected chi connectivity index (χ0v) is 11.9. The van der Waals surface area contributed by atoms with Crippen LogP contribution in [0.25, 0.3) is 11.5 Å². The van der Waals surface area contributed by atoms with Gasteiger partial charge in [-0.2, -0.15) is 0 Å². The number of ether oxygens (including phenoxy) is 1. The molecule has 0 spiro atoms. The van der Waals surface area contributed by atoms with Crippen LogP contribution in [0.1, 0.15) is 21.7 Å². The molecule has 5 nitrogen and oxygen atoms in total. The van der Waals surface area contributed by atoms with E-state index in [9.17, 15) is 4.79 Å². The highest BCUT2D eigenvalue weighted by molar-refractivity contribution is 5.89. The molecule has 106 valence electrons. The maximum absolute atomic E-state index is 11.4. The number of methoxy groups -OCH3 is 1. The number of imidazole rings is 1. The van der Waals surface area contributed by atoms with Crippen molar-refractivity contribution >= 4 is 5.97 Å². The maximum atomic E-state index is 11.4.